The summed E-state index contributed by atoms with van der Waals surface area (Å²) in [6.07, 6.45) is 4.60. The normalized spacial score (nSPS) is 10.7. The zero-order valence-corrected chi connectivity index (χ0v) is 25.4. The van der Waals surface area contributed by atoms with Crippen LogP contribution in [0.25, 0.3) is 16.9 Å². The van der Waals surface area contributed by atoms with Gasteiger partial charge in [-0.2, -0.15) is 10.2 Å². The van der Waals surface area contributed by atoms with E-state index in [-0.39, 0.29) is 24.7 Å². The van der Waals surface area contributed by atoms with E-state index in [2.05, 4.69) is 20.5 Å². The molecule has 5 rings (SSSR count). The molecule has 0 aliphatic rings. The summed E-state index contributed by atoms with van der Waals surface area (Å²) in [5, 5.41) is 12.6. The van der Waals surface area contributed by atoms with Gasteiger partial charge in [0.2, 0.25) is 0 Å². The molecule has 3 N–H and O–H groups in total. The number of Topliss-reactive ketones (excluding diaryl/α,β-unsaturated/α-hetero) is 1. The van der Waals surface area contributed by atoms with Crippen molar-refractivity contribution in [2.24, 2.45) is 7.05 Å². The number of amides is 1. The van der Waals surface area contributed by atoms with Crippen LogP contribution in [0.5, 0.6) is 0 Å². The minimum atomic E-state index is -0.508. The average molecular weight is 623 g/mol. The number of hydrogen-bond acceptors (Lipinski definition) is 8. The first-order chi connectivity index (χ1) is 20.5. The second-order valence-corrected chi connectivity index (χ2v) is 10.4. The van der Waals surface area contributed by atoms with Crippen molar-refractivity contribution in [2.45, 2.75) is 27.2 Å². The molecule has 13 heteroatoms. The third kappa shape index (κ3) is 7.56. The molecule has 0 aliphatic heterocycles. The van der Waals surface area contributed by atoms with Crippen LogP contribution in [0.3, 0.4) is 0 Å². The van der Waals surface area contributed by atoms with E-state index < -0.39 is 5.97 Å². The molecule has 11 nitrogen and oxygen atoms in total. The minimum absolute atomic E-state index is 0.241. The van der Waals surface area contributed by atoms with Crippen LogP contribution in [0.2, 0.25) is 10.0 Å². The lowest BCUT2D eigenvalue weighted by molar-refractivity contribution is -0.141. The third-order valence-electron chi connectivity index (χ3n) is 6.28. The van der Waals surface area contributed by atoms with Crippen molar-refractivity contribution < 1.29 is 19.1 Å². The van der Waals surface area contributed by atoms with Gasteiger partial charge in [0.15, 0.2) is 11.4 Å². The number of anilines is 2. The Hall–Kier alpha value is -4.74. The summed E-state index contributed by atoms with van der Waals surface area (Å²) >= 11 is 11.9. The van der Waals surface area contributed by atoms with Gasteiger partial charge in [-0.05, 0) is 62.2 Å². The van der Waals surface area contributed by atoms with Crippen molar-refractivity contribution in [1.82, 2.24) is 24.4 Å². The Morgan fingerprint density at radius 2 is 1.70 bits per heavy atom. The number of hydrogen-bond donors (Lipinski definition) is 2. The van der Waals surface area contributed by atoms with Gasteiger partial charge in [-0.3, -0.25) is 19.1 Å². The van der Waals surface area contributed by atoms with E-state index in [1.165, 1.54) is 10.7 Å². The molecule has 0 saturated carbocycles. The van der Waals surface area contributed by atoms with Gasteiger partial charge < -0.3 is 15.8 Å². The number of aryl methyl sites for hydroxylation is 3. The number of esters is 1. The van der Waals surface area contributed by atoms with Gasteiger partial charge in [-0.15, -0.1) is 0 Å². The first-order valence-electron chi connectivity index (χ1n) is 13.1. The topological polar surface area (TPSA) is 146 Å². The van der Waals surface area contributed by atoms with Crippen LogP contribution in [0.15, 0.2) is 61.1 Å². The molecule has 0 saturated heterocycles. The van der Waals surface area contributed by atoms with Crippen molar-refractivity contribution >= 4 is 58.0 Å². The number of ether oxygens (including phenoxy) is 1. The van der Waals surface area contributed by atoms with Crippen LogP contribution in [-0.2, 0) is 16.6 Å². The predicted octanol–water partition coefficient (Wildman–Crippen LogP) is 5.71. The monoisotopic (exact) mass is 621 g/mol. The third-order valence-corrected chi connectivity index (χ3v) is 6.75. The summed E-state index contributed by atoms with van der Waals surface area (Å²) in [5.41, 5.74) is 10.8. The lowest BCUT2D eigenvalue weighted by atomic mass is 10.0. The van der Waals surface area contributed by atoms with Crippen LogP contribution in [0.4, 0.5) is 11.5 Å². The largest absolute Gasteiger partial charge is 0.466 e. The second kappa shape index (κ2) is 13.5. The van der Waals surface area contributed by atoms with Gasteiger partial charge in [-0.25, -0.2) is 9.50 Å². The minimum Gasteiger partial charge on any atom is -0.466 e. The first-order valence-corrected chi connectivity index (χ1v) is 13.9. The van der Waals surface area contributed by atoms with E-state index in [1.807, 2.05) is 25.1 Å². The van der Waals surface area contributed by atoms with Crippen molar-refractivity contribution in [1.29, 1.82) is 0 Å². The lowest BCUT2D eigenvalue weighted by Crippen LogP contribution is -2.12. The van der Waals surface area contributed by atoms with Crippen LogP contribution >= 0.6 is 23.2 Å². The van der Waals surface area contributed by atoms with Gasteiger partial charge >= 0.3 is 5.97 Å². The first kappa shape index (κ1) is 31.2. The highest BCUT2D eigenvalue weighted by Crippen LogP contribution is 2.31. The molecule has 3 aromatic heterocycles. The summed E-state index contributed by atoms with van der Waals surface area (Å²) in [7, 11) is 1.79. The maximum Gasteiger partial charge on any atom is 0.313 e. The zero-order chi connectivity index (χ0) is 31.3. The fraction of sp³-hybridized carbons (Fsp3) is 0.200. The molecular formula is C30H29Cl2N7O4. The Morgan fingerprint density at radius 3 is 2.42 bits per heavy atom. The smallest absolute Gasteiger partial charge is 0.313 e. The van der Waals surface area contributed by atoms with Crippen molar-refractivity contribution in [3.05, 3.63) is 93.4 Å². The van der Waals surface area contributed by atoms with Crippen molar-refractivity contribution in [3.63, 3.8) is 0 Å². The standard InChI is InChI=1S/C18H16ClN7O.C12H13ClO3/c1-10-3-4-11(19)7-12(10)16-14(9-25(2)24-16)22-18(27)13-8-21-26-6-5-15(20)23-17(13)26;1-3-16-12(15)7-11(14)10-6-9(13)5-4-8(10)2/h3-9H,1-2H3,(H2,20,23)(H,22,27);4-6H,3,7H2,1-2H3. The molecule has 0 aliphatic carbocycles. The number of nitrogens with one attached hydrogen (secondary N) is 1. The maximum atomic E-state index is 12.8. The Kier molecular flexibility index (Phi) is 9.79. The zero-order valence-electron chi connectivity index (χ0n) is 23.9. The molecule has 0 radical (unpaired) electrons. The van der Waals surface area contributed by atoms with E-state index in [9.17, 15) is 14.4 Å². The summed E-state index contributed by atoms with van der Waals surface area (Å²) in [6, 6.07) is 12.2. The Bertz CT molecular complexity index is 1830. The highest BCUT2D eigenvalue weighted by atomic mass is 35.5. The molecule has 0 spiro atoms. The summed E-state index contributed by atoms with van der Waals surface area (Å²) < 4.78 is 7.84. The number of carbonyl (C=O) groups is 3. The van der Waals surface area contributed by atoms with E-state index in [4.69, 9.17) is 33.7 Å². The van der Waals surface area contributed by atoms with E-state index >= 15 is 0 Å². The number of nitrogens with two attached hydrogens (primary N) is 1. The van der Waals surface area contributed by atoms with E-state index in [0.717, 1.165) is 16.7 Å². The fourth-order valence-corrected chi connectivity index (χ4v) is 4.54. The number of nitrogen functional groups attached to an aromatic ring is 1. The average Bonchev–Trinajstić information content (AvgIpc) is 3.54. The number of ketones is 1. The molecule has 222 valence electrons. The highest BCUT2D eigenvalue weighted by Gasteiger charge is 2.19. The molecule has 5 aromatic rings. The molecule has 0 fully saturated rings. The van der Waals surface area contributed by atoms with E-state index in [1.54, 1.807) is 62.2 Å². The van der Waals surface area contributed by atoms with Crippen molar-refractivity contribution in [3.8, 4) is 11.3 Å². The van der Waals surface area contributed by atoms with Crippen molar-refractivity contribution in [2.75, 3.05) is 17.7 Å². The molecular weight excluding hydrogens is 593 g/mol. The van der Waals surface area contributed by atoms with E-state index in [0.29, 0.717) is 44.0 Å². The van der Waals surface area contributed by atoms with Crippen LogP contribution in [0, 0.1) is 13.8 Å². The number of aromatic nitrogens is 5. The second-order valence-electron chi connectivity index (χ2n) is 9.52. The van der Waals surface area contributed by atoms with Gasteiger partial charge in [0.1, 0.15) is 23.5 Å². The van der Waals surface area contributed by atoms with Crippen LogP contribution < -0.4 is 11.1 Å². The van der Waals surface area contributed by atoms with Gasteiger partial charge in [0.25, 0.3) is 5.91 Å². The molecule has 3 heterocycles. The number of benzene rings is 2. The summed E-state index contributed by atoms with van der Waals surface area (Å²) in [6.45, 7) is 5.74. The molecule has 0 atom stereocenters. The maximum absolute atomic E-state index is 12.8. The van der Waals surface area contributed by atoms with Gasteiger partial charge in [0.05, 0.1) is 18.5 Å². The summed E-state index contributed by atoms with van der Waals surface area (Å²) in [4.78, 5) is 39.9. The van der Waals surface area contributed by atoms with Crippen LogP contribution in [0.1, 0.15) is 45.2 Å². The number of nitrogens with zero attached hydrogens (tertiary/aromatic N) is 5. The lowest BCUT2D eigenvalue weighted by Gasteiger charge is -2.07. The Balaban J connectivity index is 0.000000227. The molecule has 43 heavy (non-hydrogen) atoms. The molecule has 1 amide bonds. The number of carbonyl (C=O) groups excluding carboxylic acids is 3. The quantitative estimate of drug-likeness (QED) is 0.133. The summed E-state index contributed by atoms with van der Waals surface area (Å²) in [5.74, 6) is -0.809. The number of rotatable bonds is 7. The number of halogens is 2. The predicted molar refractivity (Wildman–Crippen MR) is 166 cm³/mol. The Labute approximate surface area is 257 Å². The SMILES string of the molecule is CCOC(=O)CC(=O)c1cc(Cl)ccc1C.Cc1ccc(Cl)cc1-c1nn(C)cc1NC(=O)c1cnn2ccc(N)nc12. The molecule has 2 aromatic carbocycles. The highest BCUT2D eigenvalue weighted by molar-refractivity contribution is 6.31. The van der Waals surface area contributed by atoms with Gasteiger partial charge in [0, 0.05) is 40.6 Å². The molecule has 0 bridgehead atoms. The van der Waals surface area contributed by atoms with Crippen LogP contribution in [-0.4, -0.2) is 48.6 Å². The molecule has 0 unspecified atom stereocenters. The Morgan fingerprint density at radius 1 is 1.00 bits per heavy atom. The fourth-order valence-electron chi connectivity index (χ4n) is 4.19. The number of fused-ring (bicyclic) bond motifs is 1. The van der Waals surface area contributed by atoms with Gasteiger partial charge in [-0.1, -0.05) is 35.3 Å².